The number of amides is 2. The number of fused-ring (bicyclic) bond motifs is 8. The van der Waals surface area contributed by atoms with Gasteiger partial charge < -0.3 is 36.8 Å². The fourth-order valence-electron chi connectivity index (χ4n) is 7.54. The van der Waals surface area contributed by atoms with Crippen LogP contribution < -0.4 is 32.1 Å². The molecule has 3 aromatic heterocycles. The number of hydrogen-bond donors (Lipinski definition) is 4. The van der Waals surface area contributed by atoms with Crippen molar-refractivity contribution < 1.29 is 44.3 Å². The van der Waals surface area contributed by atoms with Crippen molar-refractivity contribution in [3.8, 4) is 0 Å². The molecular formula is C39H50N8O5Pd. The van der Waals surface area contributed by atoms with Crippen molar-refractivity contribution >= 4 is 45.6 Å². The number of aryl methyl sites for hydroxylation is 2. The first kappa shape index (κ1) is 41.5. The van der Waals surface area contributed by atoms with Gasteiger partial charge in [0.05, 0.1) is 13.5 Å². The summed E-state index contributed by atoms with van der Waals surface area (Å²) in [7, 11) is 1.31. The monoisotopic (exact) mass is 816 g/mol. The predicted molar refractivity (Wildman–Crippen MR) is 199 cm³/mol. The number of hydrogen-bond acceptors (Lipinski definition) is 9. The van der Waals surface area contributed by atoms with Gasteiger partial charge >= 0.3 is 26.4 Å². The van der Waals surface area contributed by atoms with Gasteiger partial charge in [0.15, 0.2) is 5.78 Å². The molecule has 2 amide bonds. The third kappa shape index (κ3) is 8.46. The van der Waals surface area contributed by atoms with Gasteiger partial charge in [-0.1, -0.05) is 50.1 Å². The van der Waals surface area contributed by atoms with Crippen LogP contribution in [-0.2, 0) is 41.2 Å². The van der Waals surface area contributed by atoms with E-state index >= 15 is 0 Å². The summed E-state index contributed by atoms with van der Waals surface area (Å²) in [6, 6.07) is 5.70. The van der Waals surface area contributed by atoms with E-state index in [4.69, 9.17) is 36.1 Å². The minimum Gasteiger partial charge on any atom is -0.657 e. The Kier molecular flexibility index (Phi) is 13.9. The molecule has 0 radical (unpaired) electrons. The van der Waals surface area contributed by atoms with Crippen molar-refractivity contribution in [2.24, 2.45) is 11.5 Å². The molecule has 53 heavy (non-hydrogen) atoms. The largest absolute Gasteiger partial charge is 2.00 e. The molecule has 5 rings (SSSR count). The molecule has 0 aliphatic carbocycles. The van der Waals surface area contributed by atoms with E-state index in [1.54, 1.807) is 0 Å². The Bertz CT molecular complexity index is 2050. The van der Waals surface area contributed by atoms with Crippen molar-refractivity contribution in [1.82, 2.24) is 30.6 Å². The first-order chi connectivity index (χ1) is 24.8. The van der Waals surface area contributed by atoms with Gasteiger partial charge in [-0.25, -0.2) is 0 Å². The third-order valence-electron chi connectivity index (χ3n) is 10.5. The number of nitrogens with zero attached hydrogens (tertiary/aromatic N) is 4. The Morgan fingerprint density at radius 2 is 1.42 bits per heavy atom. The maximum atomic E-state index is 13.9. The van der Waals surface area contributed by atoms with Crippen LogP contribution in [0.5, 0.6) is 0 Å². The van der Waals surface area contributed by atoms with Crippen LogP contribution in [-0.4, -0.2) is 66.8 Å². The van der Waals surface area contributed by atoms with E-state index in [9.17, 15) is 19.2 Å². The van der Waals surface area contributed by atoms with Crippen LogP contribution in [0, 0.1) is 13.8 Å². The average molecular weight is 817 g/mol. The summed E-state index contributed by atoms with van der Waals surface area (Å²) in [5, 5.41) is 5.73. The zero-order valence-electron chi connectivity index (χ0n) is 31.5. The summed E-state index contributed by atoms with van der Waals surface area (Å²) in [6.45, 7) is 12.6. The van der Waals surface area contributed by atoms with Crippen LogP contribution in [0.15, 0.2) is 18.2 Å². The van der Waals surface area contributed by atoms with Gasteiger partial charge in [0.2, 0.25) is 11.8 Å². The van der Waals surface area contributed by atoms with Crippen molar-refractivity contribution in [2.75, 3.05) is 33.3 Å². The fourth-order valence-corrected chi connectivity index (χ4v) is 7.54. The normalized spacial score (nSPS) is 17.9. The first-order valence-electron chi connectivity index (χ1n) is 18.0. The molecule has 4 atom stereocenters. The number of rotatable bonds is 12. The molecule has 5 heterocycles. The van der Waals surface area contributed by atoms with E-state index in [2.05, 4.69) is 24.5 Å². The van der Waals surface area contributed by atoms with Gasteiger partial charge in [0, 0.05) is 90.2 Å². The summed E-state index contributed by atoms with van der Waals surface area (Å²) in [5.74, 6) is -1.67. The number of Topliss-reactive ketones (excluding diaryl/α,β-unsaturated/α-hetero) is 1. The van der Waals surface area contributed by atoms with E-state index in [-0.39, 0.29) is 87.6 Å². The van der Waals surface area contributed by atoms with Gasteiger partial charge in [0.25, 0.3) is 0 Å². The Balaban J connectivity index is 0.00000627. The maximum absolute atomic E-state index is 13.9. The van der Waals surface area contributed by atoms with Crippen LogP contribution in [0.4, 0.5) is 0 Å². The topological polar surface area (TPSA) is 208 Å². The molecule has 6 N–H and O–H groups in total. The molecule has 13 nitrogen and oxygen atoms in total. The zero-order chi connectivity index (χ0) is 37.9. The zero-order valence-corrected chi connectivity index (χ0v) is 33.1. The Hall–Kier alpha value is -4.22. The number of methoxy groups -OCH3 is 1. The molecule has 0 spiro atoms. The van der Waals surface area contributed by atoms with E-state index in [1.165, 1.54) is 14.0 Å². The third-order valence-corrected chi connectivity index (χ3v) is 10.5. The number of ketones is 1. The molecular weight excluding hydrogens is 767 g/mol. The van der Waals surface area contributed by atoms with Gasteiger partial charge in [-0.15, -0.1) is 22.1 Å². The van der Waals surface area contributed by atoms with E-state index in [0.717, 1.165) is 23.4 Å². The fraction of sp³-hybridized carbons (Fsp3) is 0.487. The molecule has 0 saturated heterocycles. The van der Waals surface area contributed by atoms with E-state index in [1.807, 2.05) is 39.0 Å². The molecule has 2 aliphatic rings. The summed E-state index contributed by atoms with van der Waals surface area (Å²) < 4.78 is 5.17. The molecule has 0 unspecified atom stereocenters. The predicted octanol–water partition coefficient (Wildman–Crippen LogP) is 3.83. The van der Waals surface area contributed by atoms with E-state index in [0.29, 0.717) is 75.2 Å². The van der Waals surface area contributed by atoms with Gasteiger partial charge in [-0.2, -0.15) is 0 Å². The second kappa shape index (κ2) is 17.7. The van der Waals surface area contributed by atoms with Crippen LogP contribution >= 0.6 is 0 Å². The number of ether oxygens (including phenoxy) is 1. The Morgan fingerprint density at radius 3 is 2.06 bits per heavy atom. The van der Waals surface area contributed by atoms with Gasteiger partial charge in [0.1, 0.15) is 0 Å². The molecule has 2 aliphatic heterocycles. The van der Waals surface area contributed by atoms with Gasteiger partial charge in [-0.05, 0) is 39.2 Å². The van der Waals surface area contributed by atoms with Gasteiger partial charge in [-0.3, -0.25) is 29.1 Å². The molecule has 8 bridgehead atoms. The molecule has 3 aromatic rings. The van der Waals surface area contributed by atoms with Crippen LogP contribution in [0.25, 0.3) is 22.1 Å². The quantitative estimate of drug-likeness (QED) is 0.117. The standard InChI is InChI=1S/C39H52N8O5.Pd/c1-8-24-19(2)27-18-32-35(23(6)48)21(4)29(45-32)16-28-20(3)25(9-10-33(49)42-13-11-40)37(46-28)26(15-34(50)52-7)38-36(39(51)43-14-12-41)22(5)30(47-38)17-31(24)44-27;/h16-20,24-25H,8-15,40-41H2,1-7H3,(H4,42,43,44,45,46,47,48,49,51);/q;+2/p-2/t19-,20+,24-,25+;/m1./s1. The second-order valence-corrected chi connectivity index (χ2v) is 13.8. The van der Waals surface area contributed by atoms with Crippen LogP contribution in [0.1, 0.15) is 131 Å². The van der Waals surface area contributed by atoms with Crippen molar-refractivity contribution in [2.45, 2.75) is 90.9 Å². The van der Waals surface area contributed by atoms with Crippen molar-refractivity contribution in [3.63, 3.8) is 0 Å². The maximum Gasteiger partial charge on any atom is 2.00 e. The summed E-state index contributed by atoms with van der Waals surface area (Å²) >= 11 is 0. The molecule has 0 aromatic carbocycles. The van der Waals surface area contributed by atoms with Crippen molar-refractivity contribution in [3.05, 3.63) is 68.8 Å². The minimum absolute atomic E-state index is 0. The molecule has 0 fully saturated rings. The number of nitrogens with one attached hydrogen (secondary N) is 2. The molecule has 286 valence electrons. The Labute approximate surface area is 323 Å². The van der Waals surface area contributed by atoms with E-state index < -0.39 is 5.97 Å². The van der Waals surface area contributed by atoms with Crippen molar-refractivity contribution in [1.29, 1.82) is 0 Å². The minimum atomic E-state index is -0.532. The number of aromatic nitrogens is 4. The smallest absolute Gasteiger partial charge is 0.657 e. The summed E-state index contributed by atoms with van der Waals surface area (Å²) in [5.41, 5.74) is 18.8. The summed E-state index contributed by atoms with van der Waals surface area (Å²) in [6.07, 6.45) is 1.15. The Morgan fingerprint density at radius 1 is 0.830 bits per heavy atom. The van der Waals surface area contributed by atoms with Crippen LogP contribution in [0.2, 0.25) is 0 Å². The molecule has 0 saturated carbocycles. The first-order valence-corrected chi connectivity index (χ1v) is 18.0. The second-order valence-electron chi connectivity index (χ2n) is 13.8. The SMILES string of the molecule is CC[C@H]1c2cc3[n-]c(c(CC(=O)OC)c4nc(cc5[n-]c(cc(n2)[C@@H]1C)c(C(C)=O)c5C)[C@@H](C)[C@@H]4CCC(=O)NCCN)c(C(=O)NCCN)c3C.[Pd+2]. The van der Waals surface area contributed by atoms with Crippen LogP contribution in [0.3, 0.4) is 0 Å². The number of carbonyl (C=O) groups excluding carboxylic acids is 4. The molecule has 14 heteroatoms. The average Bonchev–Trinajstić information content (AvgIpc) is 3.80. The number of nitrogens with two attached hydrogens (primary N) is 2. The number of esters is 1. The number of carbonyl (C=O) groups is 4. The summed E-state index contributed by atoms with van der Waals surface area (Å²) in [4.78, 5) is 73.3.